The maximum absolute atomic E-state index is 9.25. The highest BCUT2D eigenvalue weighted by Crippen LogP contribution is 2.37. The third kappa shape index (κ3) is 3.98. The lowest BCUT2D eigenvalue weighted by Gasteiger charge is -2.15. The summed E-state index contributed by atoms with van der Waals surface area (Å²) in [6.45, 7) is 5.60. The lowest BCUT2D eigenvalue weighted by Crippen LogP contribution is -2.10. The van der Waals surface area contributed by atoms with Crippen LogP contribution in [0.4, 0.5) is 0 Å². The van der Waals surface area contributed by atoms with Gasteiger partial charge < -0.3 is 19.1 Å². The second kappa shape index (κ2) is 7.47. The van der Waals surface area contributed by atoms with Crippen molar-refractivity contribution in [1.29, 1.82) is 0 Å². The van der Waals surface area contributed by atoms with Crippen LogP contribution in [0.2, 0.25) is 0 Å². The Hall–Kier alpha value is -1.53. The van der Waals surface area contributed by atoms with Gasteiger partial charge in [-0.2, -0.15) is 0 Å². The summed E-state index contributed by atoms with van der Waals surface area (Å²) in [5.41, 5.74) is 0.781. The van der Waals surface area contributed by atoms with Crippen molar-refractivity contribution in [2.24, 2.45) is 0 Å². The molecule has 0 aliphatic rings. The topological polar surface area (TPSA) is 56.5 Å². The van der Waals surface area contributed by atoms with Crippen LogP contribution in [0.3, 0.4) is 0 Å². The number of nitrogens with zero attached hydrogens (tertiary/aromatic N) is 2. The SMILES string of the molecule is CCOc1cc(CO)cc(Br)c1OCCn1ccnc1C. The van der Waals surface area contributed by atoms with Crippen molar-refractivity contribution in [2.45, 2.75) is 27.0 Å². The third-order valence-electron chi connectivity index (χ3n) is 3.05. The van der Waals surface area contributed by atoms with Crippen LogP contribution < -0.4 is 9.47 Å². The maximum Gasteiger partial charge on any atom is 0.175 e. The molecule has 6 heteroatoms. The van der Waals surface area contributed by atoms with Crippen LogP contribution in [0.1, 0.15) is 18.3 Å². The highest BCUT2D eigenvalue weighted by molar-refractivity contribution is 9.10. The number of aryl methyl sites for hydroxylation is 1. The van der Waals surface area contributed by atoms with Gasteiger partial charge in [-0.3, -0.25) is 0 Å². The van der Waals surface area contributed by atoms with Crippen molar-refractivity contribution < 1.29 is 14.6 Å². The molecule has 0 bridgehead atoms. The molecule has 2 aromatic rings. The molecule has 0 aliphatic heterocycles. The number of aromatic nitrogens is 2. The van der Waals surface area contributed by atoms with E-state index in [-0.39, 0.29) is 6.61 Å². The molecule has 0 unspecified atom stereocenters. The number of rotatable bonds is 7. The average molecular weight is 355 g/mol. The van der Waals surface area contributed by atoms with E-state index in [1.807, 2.05) is 30.7 Å². The number of ether oxygens (including phenoxy) is 2. The zero-order valence-corrected chi connectivity index (χ0v) is 13.8. The molecule has 0 spiro atoms. The minimum atomic E-state index is -0.0345. The fourth-order valence-electron chi connectivity index (χ4n) is 2.00. The van der Waals surface area contributed by atoms with Crippen molar-refractivity contribution in [2.75, 3.05) is 13.2 Å². The van der Waals surface area contributed by atoms with Gasteiger partial charge in [-0.25, -0.2) is 4.98 Å². The first-order valence-electron chi connectivity index (χ1n) is 6.82. The fourth-order valence-corrected chi connectivity index (χ4v) is 2.61. The lowest BCUT2D eigenvalue weighted by molar-refractivity contribution is 0.260. The minimum absolute atomic E-state index is 0.0345. The molecule has 0 amide bonds. The average Bonchev–Trinajstić information content (AvgIpc) is 2.87. The number of benzene rings is 1. The highest BCUT2D eigenvalue weighted by Gasteiger charge is 2.12. The fraction of sp³-hybridized carbons (Fsp3) is 0.400. The number of aliphatic hydroxyl groups is 1. The number of hydrogen-bond donors (Lipinski definition) is 1. The van der Waals surface area contributed by atoms with Gasteiger partial charge in [0, 0.05) is 12.4 Å². The Morgan fingerprint density at radius 1 is 1.33 bits per heavy atom. The Bertz CT molecular complexity index is 599. The normalized spacial score (nSPS) is 10.7. The summed E-state index contributed by atoms with van der Waals surface area (Å²) in [6.07, 6.45) is 3.69. The monoisotopic (exact) mass is 354 g/mol. The van der Waals surface area contributed by atoms with Gasteiger partial charge in [-0.15, -0.1) is 0 Å². The van der Waals surface area contributed by atoms with Gasteiger partial charge in [0.05, 0.1) is 24.2 Å². The summed E-state index contributed by atoms with van der Waals surface area (Å²) in [6, 6.07) is 3.63. The van der Waals surface area contributed by atoms with Crippen molar-refractivity contribution in [3.8, 4) is 11.5 Å². The molecule has 1 aromatic carbocycles. The van der Waals surface area contributed by atoms with Gasteiger partial charge >= 0.3 is 0 Å². The molecule has 2 rings (SSSR count). The van der Waals surface area contributed by atoms with E-state index in [2.05, 4.69) is 20.9 Å². The van der Waals surface area contributed by atoms with E-state index in [0.717, 1.165) is 15.9 Å². The molecule has 0 saturated heterocycles. The van der Waals surface area contributed by atoms with Crippen LogP contribution in [0.15, 0.2) is 29.0 Å². The molecule has 1 aromatic heterocycles. The summed E-state index contributed by atoms with van der Waals surface area (Å²) in [5.74, 6) is 2.25. The van der Waals surface area contributed by atoms with Gasteiger partial charge in [-0.1, -0.05) is 0 Å². The summed E-state index contributed by atoms with van der Waals surface area (Å²) in [4.78, 5) is 4.18. The van der Waals surface area contributed by atoms with Crippen LogP contribution >= 0.6 is 15.9 Å². The molecule has 0 radical (unpaired) electrons. The molecule has 0 saturated carbocycles. The van der Waals surface area contributed by atoms with Crippen molar-refractivity contribution in [1.82, 2.24) is 9.55 Å². The zero-order valence-electron chi connectivity index (χ0n) is 12.2. The van der Waals surface area contributed by atoms with E-state index >= 15 is 0 Å². The van der Waals surface area contributed by atoms with E-state index in [0.29, 0.717) is 31.3 Å². The number of imidazole rings is 1. The molecule has 5 nitrogen and oxygen atoms in total. The van der Waals surface area contributed by atoms with Gasteiger partial charge in [-0.05, 0) is 47.5 Å². The van der Waals surface area contributed by atoms with Crippen LogP contribution in [-0.2, 0) is 13.2 Å². The van der Waals surface area contributed by atoms with Crippen molar-refractivity contribution >= 4 is 15.9 Å². The maximum atomic E-state index is 9.25. The largest absolute Gasteiger partial charge is 0.490 e. The van der Waals surface area contributed by atoms with E-state index < -0.39 is 0 Å². The molecular formula is C15H19BrN2O3. The van der Waals surface area contributed by atoms with Crippen LogP contribution in [-0.4, -0.2) is 27.9 Å². The smallest absolute Gasteiger partial charge is 0.175 e. The van der Waals surface area contributed by atoms with Crippen molar-refractivity contribution in [3.05, 3.63) is 40.4 Å². The first-order valence-corrected chi connectivity index (χ1v) is 7.61. The summed E-state index contributed by atoms with van der Waals surface area (Å²) in [7, 11) is 0. The standard InChI is InChI=1S/C15H19BrN2O3/c1-3-20-14-9-12(10-19)8-13(16)15(14)21-7-6-18-5-4-17-11(18)2/h4-5,8-9,19H,3,6-7,10H2,1-2H3. The predicted molar refractivity (Wildman–Crippen MR) is 83.7 cm³/mol. The molecule has 0 atom stereocenters. The van der Waals surface area contributed by atoms with Crippen LogP contribution in [0.5, 0.6) is 11.5 Å². The second-order valence-corrected chi connectivity index (χ2v) is 5.37. The van der Waals surface area contributed by atoms with E-state index in [4.69, 9.17) is 9.47 Å². The Balaban J connectivity index is 2.09. The summed E-state index contributed by atoms with van der Waals surface area (Å²) in [5, 5.41) is 9.25. The van der Waals surface area contributed by atoms with Gasteiger partial charge in [0.25, 0.3) is 0 Å². The predicted octanol–water partition coefficient (Wildman–Crippen LogP) is 2.92. The number of hydrogen-bond acceptors (Lipinski definition) is 4. The summed E-state index contributed by atoms with van der Waals surface area (Å²) >= 11 is 3.47. The third-order valence-corrected chi connectivity index (χ3v) is 3.64. The van der Waals surface area contributed by atoms with E-state index in [1.54, 1.807) is 12.3 Å². The quantitative estimate of drug-likeness (QED) is 0.830. The summed E-state index contributed by atoms with van der Waals surface area (Å²) < 4.78 is 14.2. The number of halogens is 1. The van der Waals surface area contributed by atoms with E-state index in [1.165, 1.54) is 0 Å². The highest BCUT2D eigenvalue weighted by atomic mass is 79.9. The van der Waals surface area contributed by atoms with Crippen LogP contribution in [0, 0.1) is 6.92 Å². The number of aliphatic hydroxyl groups excluding tert-OH is 1. The second-order valence-electron chi connectivity index (χ2n) is 4.51. The minimum Gasteiger partial charge on any atom is -0.490 e. The Morgan fingerprint density at radius 3 is 2.76 bits per heavy atom. The molecule has 0 fully saturated rings. The molecule has 1 heterocycles. The molecule has 1 N–H and O–H groups in total. The zero-order chi connectivity index (χ0) is 15.2. The first-order chi connectivity index (χ1) is 10.2. The van der Waals surface area contributed by atoms with Gasteiger partial charge in [0.2, 0.25) is 0 Å². The Labute approximate surface area is 132 Å². The van der Waals surface area contributed by atoms with Gasteiger partial charge in [0.1, 0.15) is 12.4 Å². The molecule has 21 heavy (non-hydrogen) atoms. The Morgan fingerprint density at radius 2 is 2.14 bits per heavy atom. The molecular weight excluding hydrogens is 336 g/mol. The first kappa shape index (κ1) is 15.9. The van der Waals surface area contributed by atoms with E-state index in [9.17, 15) is 5.11 Å². The van der Waals surface area contributed by atoms with Gasteiger partial charge in [0.15, 0.2) is 11.5 Å². The lowest BCUT2D eigenvalue weighted by atomic mass is 10.2. The van der Waals surface area contributed by atoms with Crippen LogP contribution in [0.25, 0.3) is 0 Å². The Kier molecular flexibility index (Phi) is 5.64. The molecule has 114 valence electrons. The van der Waals surface area contributed by atoms with Crippen molar-refractivity contribution in [3.63, 3.8) is 0 Å². The molecule has 0 aliphatic carbocycles.